The number of nitrogens with one attached hydrogen (secondary N) is 2. The van der Waals surface area contributed by atoms with E-state index in [1.54, 1.807) is 37.3 Å². The van der Waals surface area contributed by atoms with E-state index in [1.807, 2.05) is 0 Å². The largest absolute Gasteiger partial charge is 0.496 e. The highest BCUT2D eigenvalue weighted by Crippen LogP contribution is 2.30. The average Bonchev–Trinajstić information content (AvgIpc) is 3.19. The number of hydrazone groups is 1. The van der Waals surface area contributed by atoms with Crippen LogP contribution in [-0.2, 0) is 6.42 Å². The molecular weight excluding hydrogens is 440 g/mol. The molecule has 1 aliphatic rings. The summed E-state index contributed by atoms with van der Waals surface area (Å²) in [5.41, 5.74) is 4.96. The maximum absolute atomic E-state index is 12.9. The number of non-ortho nitro benzene ring substituents is 1. The lowest BCUT2D eigenvalue weighted by molar-refractivity contribution is -0.384. The van der Waals surface area contributed by atoms with Gasteiger partial charge in [-0.3, -0.25) is 19.7 Å². The van der Waals surface area contributed by atoms with E-state index < -0.39 is 16.7 Å². The second-order valence-corrected chi connectivity index (χ2v) is 7.67. The Bertz CT molecular complexity index is 1310. The molecule has 0 aliphatic heterocycles. The number of aryl methyl sites for hydroxylation is 1. The van der Waals surface area contributed by atoms with Gasteiger partial charge in [-0.15, -0.1) is 0 Å². The van der Waals surface area contributed by atoms with E-state index >= 15 is 0 Å². The summed E-state index contributed by atoms with van der Waals surface area (Å²) < 4.78 is 11.1. The number of fused-ring (bicyclic) bond motifs is 1. The van der Waals surface area contributed by atoms with Crippen LogP contribution in [0.5, 0.6) is 5.75 Å². The van der Waals surface area contributed by atoms with Gasteiger partial charge >= 0.3 is 0 Å². The van der Waals surface area contributed by atoms with Gasteiger partial charge in [0.05, 0.1) is 23.3 Å². The molecule has 0 atom stereocenters. The summed E-state index contributed by atoms with van der Waals surface area (Å²) >= 11 is 0. The molecule has 0 saturated heterocycles. The quantitative estimate of drug-likeness (QED) is 0.416. The topological polar surface area (TPSA) is 136 Å². The van der Waals surface area contributed by atoms with E-state index in [-0.39, 0.29) is 17.1 Å². The summed E-state index contributed by atoms with van der Waals surface area (Å²) in [6.45, 7) is 1.74. The molecule has 0 spiro atoms. The molecule has 0 fully saturated rings. The van der Waals surface area contributed by atoms with Crippen molar-refractivity contribution in [1.82, 2.24) is 5.43 Å². The van der Waals surface area contributed by atoms with Crippen molar-refractivity contribution in [2.24, 2.45) is 5.10 Å². The number of benzene rings is 2. The fourth-order valence-electron chi connectivity index (χ4n) is 3.89. The molecule has 3 aromatic rings. The number of anilines is 1. The minimum atomic E-state index is -0.533. The van der Waals surface area contributed by atoms with Crippen LogP contribution in [-0.4, -0.2) is 29.6 Å². The molecule has 10 nitrogen and oxygen atoms in total. The zero-order chi connectivity index (χ0) is 24.2. The highest BCUT2D eigenvalue weighted by molar-refractivity contribution is 6.09. The summed E-state index contributed by atoms with van der Waals surface area (Å²) in [6, 6.07) is 12.5. The van der Waals surface area contributed by atoms with Crippen molar-refractivity contribution in [3.63, 3.8) is 0 Å². The van der Waals surface area contributed by atoms with Gasteiger partial charge in [-0.1, -0.05) is 18.2 Å². The van der Waals surface area contributed by atoms with Crippen LogP contribution in [0.25, 0.3) is 0 Å². The lowest BCUT2D eigenvalue weighted by atomic mass is 9.93. The molecule has 0 saturated carbocycles. The molecule has 1 aromatic heterocycles. The minimum Gasteiger partial charge on any atom is -0.496 e. The molecule has 34 heavy (non-hydrogen) atoms. The summed E-state index contributed by atoms with van der Waals surface area (Å²) in [5, 5.41) is 18.0. The van der Waals surface area contributed by atoms with Crippen LogP contribution < -0.4 is 15.5 Å². The third kappa shape index (κ3) is 4.51. The van der Waals surface area contributed by atoms with Crippen molar-refractivity contribution >= 4 is 28.9 Å². The monoisotopic (exact) mass is 462 g/mol. The lowest BCUT2D eigenvalue weighted by Gasteiger charge is -2.14. The third-order valence-corrected chi connectivity index (χ3v) is 5.49. The van der Waals surface area contributed by atoms with Gasteiger partial charge < -0.3 is 14.5 Å². The van der Waals surface area contributed by atoms with E-state index in [9.17, 15) is 19.7 Å². The molecule has 4 rings (SSSR count). The fraction of sp³-hybridized carbons (Fsp3) is 0.208. The van der Waals surface area contributed by atoms with Crippen molar-refractivity contribution < 1.29 is 23.7 Å². The van der Waals surface area contributed by atoms with E-state index in [0.717, 1.165) is 6.42 Å². The highest BCUT2D eigenvalue weighted by Gasteiger charge is 2.28. The Morgan fingerprint density at radius 2 is 1.91 bits per heavy atom. The van der Waals surface area contributed by atoms with Crippen molar-refractivity contribution in [2.45, 2.75) is 26.2 Å². The SMILES string of the molecule is COc1ccccc1C(=O)N/N=C1\CCCc2oc(C(=O)Nc3cccc([N+](=O)[O-])c3)c(C)c21. The zero-order valence-corrected chi connectivity index (χ0v) is 18.6. The smallest absolute Gasteiger partial charge is 0.291 e. The summed E-state index contributed by atoms with van der Waals surface area (Å²) in [6.07, 6.45) is 1.97. The number of hydrogen-bond acceptors (Lipinski definition) is 7. The number of nitro groups is 1. The van der Waals surface area contributed by atoms with Gasteiger partial charge in [0.25, 0.3) is 17.5 Å². The standard InChI is InChI=1S/C24H22N4O6/c1-14-21-18(26-27-23(29)17-9-3-4-11-19(17)33-2)10-6-12-20(21)34-22(14)24(30)25-15-7-5-8-16(13-15)28(31)32/h3-5,7-9,11,13H,6,10,12H2,1-2H3,(H,25,30)(H,27,29)/b26-18+. The summed E-state index contributed by atoms with van der Waals surface area (Å²) in [5.74, 6) is 0.205. The Hall–Kier alpha value is -4.47. The normalized spacial score (nSPS) is 13.8. The molecule has 2 aromatic carbocycles. The van der Waals surface area contributed by atoms with Crippen molar-refractivity contribution in [2.75, 3.05) is 12.4 Å². The van der Waals surface area contributed by atoms with Crippen LogP contribution in [0.15, 0.2) is 58.0 Å². The minimum absolute atomic E-state index is 0.0992. The fourth-order valence-corrected chi connectivity index (χ4v) is 3.89. The molecule has 1 heterocycles. The second-order valence-electron chi connectivity index (χ2n) is 7.67. The number of rotatable bonds is 6. The third-order valence-electron chi connectivity index (χ3n) is 5.49. The van der Waals surface area contributed by atoms with E-state index in [1.165, 1.54) is 25.3 Å². The Kier molecular flexibility index (Phi) is 6.39. The molecule has 10 heteroatoms. The van der Waals surface area contributed by atoms with Crippen LogP contribution >= 0.6 is 0 Å². The van der Waals surface area contributed by atoms with Crippen LogP contribution in [0.4, 0.5) is 11.4 Å². The summed E-state index contributed by atoms with van der Waals surface area (Å²) in [4.78, 5) is 35.9. The first kappa shape index (κ1) is 22.7. The first-order valence-corrected chi connectivity index (χ1v) is 10.6. The first-order chi connectivity index (χ1) is 16.4. The van der Waals surface area contributed by atoms with Gasteiger partial charge in [0.2, 0.25) is 0 Å². The van der Waals surface area contributed by atoms with Crippen LogP contribution in [0.1, 0.15) is 50.6 Å². The molecule has 2 amide bonds. The van der Waals surface area contributed by atoms with E-state index in [4.69, 9.17) is 9.15 Å². The molecule has 2 N–H and O–H groups in total. The van der Waals surface area contributed by atoms with Crippen LogP contribution in [0, 0.1) is 17.0 Å². The number of furan rings is 1. The molecular formula is C24H22N4O6. The molecule has 1 aliphatic carbocycles. The number of amides is 2. The zero-order valence-electron chi connectivity index (χ0n) is 18.6. The van der Waals surface area contributed by atoms with E-state index in [0.29, 0.717) is 46.8 Å². The number of nitro benzene ring substituents is 1. The van der Waals surface area contributed by atoms with Gasteiger partial charge in [-0.25, -0.2) is 5.43 Å². The Labute approximate surface area is 194 Å². The molecule has 174 valence electrons. The number of methoxy groups -OCH3 is 1. The van der Waals surface area contributed by atoms with Gasteiger partial charge in [0.1, 0.15) is 11.5 Å². The van der Waals surface area contributed by atoms with Gasteiger partial charge in [-0.05, 0) is 38.0 Å². The second kappa shape index (κ2) is 9.57. The Balaban J connectivity index is 1.57. The number of carbonyl (C=O) groups is 2. The maximum atomic E-state index is 12.9. The van der Waals surface area contributed by atoms with Crippen LogP contribution in [0.2, 0.25) is 0 Å². The number of hydrogen-bond donors (Lipinski definition) is 2. The number of para-hydroxylation sites is 1. The van der Waals surface area contributed by atoms with Crippen molar-refractivity contribution in [3.05, 3.63) is 86.9 Å². The van der Waals surface area contributed by atoms with E-state index in [2.05, 4.69) is 15.8 Å². The Morgan fingerprint density at radius 3 is 2.68 bits per heavy atom. The number of carbonyl (C=O) groups excluding carboxylic acids is 2. The van der Waals surface area contributed by atoms with Crippen LogP contribution in [0.3, 0.4) is 0 Å². The molecule has 0 radical (unpaired) electrons. The van der Waals surface area contributed by atoms with Gasteiger partial charge in [-0.2, -0.15) is 5.10 Å². The maximum Gasteiger partial charge on any atom is 0.291 e. The molecule has 0 bridgehead atoms. The Morgan fingerprint density at radius 1 is 1.12 bits per heavy atom. The van der Waals surface area contributed by atoms with Crippen molar-refractivity contribution in [3.8, 4) is 5.75 Å². The predicted octanol–water partition coefficient (Wildman–Crippen LogP) is 4.23. The molecule has 0 unspecified atom stereocenters. The van der Waals surface area contributed by atoms with Gasteiger partial charge in [0.15, 0.2) is 5.76 Å². The first-order valence-electron chi connectivity index (χ1n) is 10.6. The average molecular weight is 462 g/mol. The van der Waals surface area contributed by atoms with Gasteiger partial charge in [0, 0.05) is 35.4 Å². The number of nitrogens with zero attached hydrogens (tertiary/aromatic N) is 2. The highest BCUT2D eigenvalue weighted by atomic mass is 16.6. The predicted molar refractivity (Wildman–Crippen MR) is 124 cm³/mol. The van der Waals surface area contributed by atoms with Crippen molar-refractivity contribution in [1.29, 1.82) is 0 Å². The number of ether oxygens (including phenoxy) is 1. The lowest BCUT2D eigenvalue weighted by Crippen LogP contribution is -2.22. The summed E-state index contributed by atoms with van der Waals surface area (Å²) in [7, 11) is 1.49.